The minimum Gasteiger partial charge on any atom is -0.357 e. The quantitative estimate of drug-likeness (QED) is 0.903. The fraction of sp³-hybridized carbons (Fsp3) is 0.368. The maximum Gasteiger partial charge on any atom is 0.223 e. The molecular weight excluding hydrogens is 314 g/mol. The number of nitriles is 1. The van der Waals surface area contributed by atoms with Crippen LogP contribution in [0, 0.1) is 17.2 Å². The molecule has 1 amide bonds. The van der Waals surface area contributed by atoms with Gasteiger partial charge in [0.05, 0.1) is 5.56 Å². The van der Waals surface area contributed by atoms with E-state index < -0.39 is 0 Å². The van der Waals surface area contributed by atoms with Gasteiger partial charge in [-0.1, -0.05) is 6.07 Å². The molecule has 0 saturated carbocycles. The molecular formula is C19H21N5O. The van der Waals surface area contributed by atoms with E-state index in [1.54, 1.807) is 18.5 Å². The number of rotatable bonds is 5. The third kappa shape index (κ3) is 4.54. The van der Waals surface area contributed by atoms with Crippen molar-refractivity contribution >= 4 is 11.7 Å². The van der Waals surface area contributed by atoms with Crippen molar-refractivity contribution in [3.05, 3.63) is 54.0 Å². The molecule has 1 aliphatic heterocycles. The molecule has 0 spiro atoms. The minimum atomic E-state index is 0.0540. The van der Waals surface area contributed by atoms with Crippen LogP contribution < -0.4 is 10.2 Å². The van der Waals surface area contributed by atoms with Gasteiger partial charge >= 0.3 is 0 Å². The van der Waals surface area contributed by atoms with Crippen molar-refractivity contribution in [3.8, 4) is 6.07 Å². The van der Waals surface area contributed by atoms with E-state index in [0.29, 0.717) is 12.1 Å². The summed E-state index contributed by atoms with van der Waals surface area (Å²) >= 11 is 0. The monoisotopic (exact) mass is 335 g/mol. The van der Waals surface area contributed by atoms with Gasteiger partial charge in [-0.2, -0.15) is 5.26 Å². The van der Waals surface area contributed by atoms with Crippen LogP contribution in [0.3, 0.4) is 0 Å². The SMILES string of the molecule is N#Cc1ccc(N2CCC(C(=O)NCCc3ccccn3)CC2)nc1. The van der Waals surface area contributed by atoms with E-state index in [-0.39, 0.29) is 11.8 Å². The molecule has 3 rings (SSSR count). The number of nitrogens with one attached hydrogen (secondary N) is 1. The topological polar surface area (TPSA) is 81.9 Å². The van der Waals surface area contributed by atoms with Crippen molar-refractivity contribution in [1.29, 1.82) is 5.26 Å². The van der Waals surface area contributed by atoms with Crippen LogP contribution in [0.2, 0.25) is 0 Å². The minimum absolute atomic E-state index is 0.0540. The second kappa shape index (κ2) is 8.25. The van der Waals surface area contributed by atoms with Gasteiger partial charge < -0.3 is 10.2 Å². The van der Waals surface area contributed by atoms with Crippen molar-refractivity contribution in [2.24, 2.45) is 5.92 Å². The summed E-state index contributed by atoms with van der Waals surface area (Å²) < 4.78 is 0. The lowest BCUT2D eigenvalue weighted by molar-refractivity contribution is -0.125. The number of nitrogens with zero attached hydrogens (tertiary/aromatic N) is 4. The van der Waals surface area contributed by atoms with Crippen LogP contribution in [-0.2, 0) is 11.2 Å². The predicted molar refractivity (Wildman–Crippen MR) is 94.8 cm³/mol. The first kappa shape index (κ1) is 16.9. The average Bonchev–Trinajstić information content (AvgIpc) is 2.69. The first-order valence-corrected chi connectivity index (χ1v) is 8.55. The Morgan fingerprint density at radius 3 is 2.72 bits per heavy atom. The summed E-state index contributed by atoms with van der Waals surface area (Å²) in [7, 11) is 0. The molecule has 128 valence electrons. The van der Waals surface area contributed by atoms with Gasteiger partial charge in [-0.3, -0.25) is 9.78 Å². The van der Waals surface area contributed by atoms with Crippen LogP contribution in [0.15, 0.2) is 42.7 Å². The Bertz CT molecular complexity index is 731. The zero-order valence-electron chi connectivity index (χ0n) is 14.1. The first-order chi connectivity index (χ1) is 12.3. The van der Waals surface area contributed by atoms with Crippen LogP contribution in [-0.4, -0.2) is 35.5 Å². The van der Waals surface area contributed by atoms with Gasteiger partial charge in [0, 0.05) is 50.1 Å². The number of anilines is 1. The summed E-state index contributed by atoms with van der Waals surface area (Å²) in [5, 5.41) is 11.8. The molecule has 6 nitrogen and oxygen atoms in total. The summed E-state index contributed by atoms with van der Waals surface area (Å²) in [5.41, 5.74) is 1.55. The Morgan fingerprint density at radius 1 is 1.24 bits per heavy atom. The normalized spacial score (nSPS) is 14.8. The molecule has 2 aromatic heterocycles. The van der Waals surface area contributed by atoms with Crippen molar-refractivity contribution in [3.63, 3.8) is 0 Å². The average molecular weight is 335 g/mol. The fourth-order valence-corrected chi connectivity index (χ4v) is 3.01. The molecule has 0 bridgehead atoms. The third-order valence-electron chi connectivity index (χ3n) is 4.47. The predicted octanol–water partition coefficient (Wildman–Crippen LogP) is 1.92. The first-order valence-electron chi connectivity index (χ1n) is 8.55. The van der Waals surface area contributed by atoms with Crippen LogP contribution in [0.1, 0.15) is 24.1 Å². The van der Waals surface area contributed by atoms with Crippen LogP contribution in [0.25, 0.3) is 0 Å². The molecule has 0 aliphatic carbocycles. The molecule has 0 unspecified atom stereocenters. The van der Waals surface area contributed by atoms with Crippen molar-refractivity contribution < 1.29 is 4.79 Å². The molecule has 0 aromatic carbocycles. The lowest BCUT2D eigenvalue weighted by Gasteiger charge is -2.32. The van der Waals surface area contributed by atoms with Gasteiger partial charge in [0.1, 0.15) is 11.9 Å². The van der Waals surface area contributed by atoms with E-state index >= 15 is 0 Å². The zero-order valence-corrected chi connectivity index (χ0v) is 14.1. The second-order valence-corrected chi connectivity index (χ2v) is 6.14. The number of carbonyl (C=O) groups is 1. The fourth-order valence-electron chi connectivity index (χ4n) is 3.01. The Hall–Kier alpha value is -2.94. The van der Waals surface area contributed by atoms with Crippen molar-refractivity contribution in [2.75, 3.05) is 24.5 Å². The van der Waals surface area contributed by atoms with Gasteiger partial charge in [-0.15, -0.1) is 0 Å². The summed E-state index contributed by atoms with van der Waals surface area (Å²) in [6, 6.07) is 11.5. The molecule has 6 heteroatoms. The summed E-state index contributed by atoms with van der Waals surface area (Å²) in [6.07, 6.45) is 5.74. The van der Waals surface area contributed by atoms with E-state index in [1.165, 1.54) is 0 Å². The lowest BCUT2D eigenvalue weighted by Crippen LogP contribution is -2.41. The van der Waals surface area contributed by atoms with E-state index in [2.05, 4.69) is 26.3 Å². The Balaban J connectivity index is 1.43. The maximum absolute atomic E-state index is 12.3. The maximum atomic E-state index is 12.3. The molecule has 1 fully saturated rings. The van der Waals surface area contributed by atoms with Crippen LogP contribution >= 0.6 is 0 Å². The number of hydrogen-bond acceptors (Lipinski definition) is 5. The summed E-state index contributed by atoms with van der Waals surface area (Å²) in [4.78, 5) is 23.1. The molecule has 0 atom stereocenters. The van der Waals surface area contributed by atoms with Gasteiger partial charge in [0.25, 0.3) is 0 Å². The highest BCUT2D eigenvalue weighted by Gasteiger charge is 2.25. The number of aromatic nitrogens is 2. The third-order valence-corrected chi connectivity index (χ3v) is 4.47. The van der Waals surface area contributed by atoms with E-state index in [0.717, 1.165) is 43.9 Å². The molecule has 1 aliphatic rings. The van der Waals surface area contributed by atoms with E-state index in [9.17, 15) is 4.79 Å². The zero-order chi connectivity index (χ0) is 17.5. The second-order valence-electron chi connectivity index (χ2n) is 6.14. The van der Waals surface area contributed by atoms with E-state index in [4.69, 9.17) is 5.26 Å². The summed E-state index contributed by atoms with van der Waals surface area (Å²) in [6.45, 7) is 2.22. The molecule has 1 N–H and O–H groups in total. The highest BCUT2D eigenvalue weighted by atomic mass is 16.1. The molecule has 25 heavy (non-hydrogen) atoms. The van der Waals surface area contributed by atoms with Crippen molar-refractivity contribution in [1.82, 2.24) is 15.3 Å². The molecule has 1 saturated heterocycles. The molecule has 3 heterocycles. The largest absolute Gasteiger partial charge is 0.357 e. The van der Waals surface area contributed by atoms with Crippen molar-refractivity contribution in [2.45, 2.75) is 19.3 Å². The van der Waals surface area contributed by atoms with Gasteiger partial charge in [-0.05, 0) is 37.1 Å². The molecule has 0 radical (unpaired) electrons. The van der Waals surface area contributed by atoms with Gasteiger partial charge in [0.2, 0.25) is 5.91 Å². The van der Waals surface area contributed by atoms with Crippen LogP contribution in [0.4, 0.5) is 5.82 Å². The van der Waals surface area contributed by atoms with Gasteiger partial charge in [-0.25, -0.2) is 4.98 Å². The van der Waals surface area contributed by atoms with Crippen LogP contribution in [0.5, 0.6) is 0 Å². The number of pyridine rings is 2. The van der Waals surface area contributed by atoms with Gasteiger partial charge in [0.15, 0.2) is 0 Å². The smallest absolute Gasteiger partial charge is 0.223 e. The number of amides is 1. The highest BCUT2D eigenvalue weighted by molar-refractivity contribution is 5.79. The standard InChI is InChI=1S/C19H21N5O/c20-13-15-4-5-18(23-14-15)24-11-7-16(8-12-24)19(25)22-10-6-17-3-1-2-9-21-17/h1-5,9,14,16H,6-8,10-12H2,(H,22,25). The number of hydrogen-bond donors (Lipinski definition) is 1. The lowest BCUT2D eigenvalue weighted by atomic mass is 9.96. The number of carbonyl (C=O) groups excluding carboxylic acids is 1. The highest BCUT2D eigenvalue weighted by Crippen LogP contribution is 2.22. The number of piperidine rings is 1. The summed E-state index contributed by atoms with van der Waals surface area (Å²) in [5.74, 6) is 1.05. The Morgan fingerprint density at radius 2 is 2.08 bits per heavy atom. The molecule has 2 aromatic rings. The Labute approximate surface area is 147 Å². The van der Waals surface area contributed by atoms with E-state index in [1.807, 2.05) is 24.3 Å². The Kier molecular flexibility index (Phi) is 5.57.